The molecule has 6 heteroatoms. The predicted octanol–water partition coefficient (Wildman–Crippen LogP) is 3.10. The fraction of sp³-hybridized carbons (Fsp3) is 0.467. The molecule has 0 bridgehead atoms. The van der Waals surface area contributed by atoms with Gasteiger partial charge in [-0.1, -0.05) is 26.2 Å². The van der Waals surface area contributed by atoms with Gasteiger partial charge in [-0.2, -0.15) is 5.26 Å². The number of Topliss-reactive ketones (excluding diaryl/α,β-unsaturated/α-hetero) is 1. The van der Waals surface area contributed by atoms with Crippen LogP contribution in [0.5, 0.6) is 0 Å². The van der Waals surface area contributed by atoms with Crippen molar-refractivity contribution >= 4 is 21.5 Å². The number of unbranched alkanes of at least 4 members (excludes halogenated alkanes) is 3. The van der Waals surface area contributed by atoms with Crippen molar-refractivity contribution in [1.82, 2.24) is 0 Å². The minimum absolute atomic E-state index is 0.0993. The number of carbonyl (C=O) groups is 1. The highest BCUT2D eigenvalue weighted by atomic mass is 32.2. The van der Waals surface area contributed by atoms with E-state index >= 15 is 0 Å². The summed E-state index contributed by atoms with van der Waals surface area (Å²) in [5, 5.41) is 8.46. The third kappa shape index (κ3) is 6.41. The number of nitrogens with one attached hydrogen (secondary N) is 1. The van der Waals surface area contributed by atoms with Gasteiger partial charge in [0.05, 0.1) is 18.2 Å². The van der Waals surface area contributed by atoms with Crippen molar-refractivity contribution in [3.05, 3.63) is 29.8 Å². The molecule has 0 fully saturated rings. The van der Waals surface area contributed by atoms with Crippen LogP contribution in [0.4, 0.5) is 5.69 Å². The van der Waals surface area contributed by atoms with Crippen LogP contribution in [0.2, 0.25) is 0 Å². The fourth-order valence-electron chi connectivity index (χ4n) is 1.85. The van der Waals surface area contributed by atoms with E-state index in [9.17, 15) is 13.2 Å². The highest BCUT2D eigenvalue weighted by molar-refractivity contribution is 7.92. The first-order valence-electron chi connectivity index (χ1n) is 6.99. The quantitative estimate of drug-likeness (QED) is 0.561. The van der Waals surface area contributed by atoms with E-state index in [0.29, 0.717) is 17.7 Å². The maximum absolute atomic E-state index is 11.9. The molecule has 1 N–H and O–H groups in total. The molecule has 0 heterocycles. The van der Waals surface area contributed by atoms with Gasteiger partial charge in [-0.15, -0.1) is 0 Å². The van der Waals surface area contributed by atoms with E-state index in [4.69, 9.17) is 5.26 Å². The Hall–Kier alpha value is -1.87. The summed E-state index contributed by atoms with van der Waals surface area (Å²) in [4.78, 5) is 11.5. The Kier molecular flexibility index (Phi) is 6.89. The average molecular weight is 308 g/mol. The van der Waals surface area contributed by atoms with Crippen LogP contribution in [0, 0.1) is 11.3 Å². The van der Waals surface area contributed by atoms with E-state index in [1.807, 2.05) is 0 Å². The minimum atomic E-state index is -3.35. The summed E-state index contributed by atoms with van der Waals surface area (Å²) in [5.74, 6) is -0.172. The van der Waals surface area contributed by atoms with E-state index in [2.05, 4.69) is 11.6 Å². The van der Waals surface area contributed by atoms with E-state index in [1.54, 1.807) is 6.07 Å². The Morgan fingerprint density at radius 3 is 2.43 bits per heavy atom. The lowest BCUT2D eigenvalue weighted by Crippen LogP contribution is -2.16. The standard InChI is InChI=1S/C15H20N2O3S/c1-2-3-4-5-12-21(19,20)17-14-8-6-13(7-9-14)15(18)10-11-16/h6-9,17H,2-5,10,12H2,1H3. The van der Waals surface area contributed by atoms with Crippen LogP contribution >= 0.6 is 0 Å². The monoisotopic (exact) mass is 308 g/mol. The van der Waals surface area contributed by atoms with E-state index in [-0.39, 0.29) is 18.0 Å². The van der Waals surface area contributed by atoms with E-state index < -0.39 is 10.0 Å². The highest BCUT2D eigenvalue weighted by Crippen LogP contribution is 2.13. The molecular weight excluding hydrogens is 288 g/mol. The summed E-state index contributed by atoms with van der Waals surface area (Å²) in [5.41, 5.74) is 0.835. The van der Waals surface area contributed by atoms with Crippen molar-refractivity contribution in [3.8, 4) is 6.07 Å². The van der Waals surface area contributed by atoms with Crippen molar-refractivity contribution in [2.75, 3.05) is 10.5 Å². The van der Waals surface area contributed by atoms with Crippen LogP contribution < -0.4 is 4.72 Å². The molecular formula is C15H20N2O3S. The average Bonchev–Trinajstić information content (AvgIpc) is 2.44. The van der Waals surface area contributed by atoms with Crippen LogP contribution in [0.15, 0.2) is 24.3 Å². The highest BCUT2D eigenvalue weighted by Gasteiger charge is 2.11. The molecule has 0 saturated heterocycles. The molecule has 0 aromatic heterocycles. The predicted molar refractivity (Wildman–Crippen MR) is 82.6 cm³/mol. The Morgan fingerprint density at radius 1 is 1.19 bits per heavy atom. The third-order valence-electron chi connectivity index (χ3n) is 2.99. The number of anilines is 1. The zero-order chi connectivity index (χ0) is 15.7. The zero-order valence-corrected chi connectivity index (χ0v) is 12.9. The van der Waals surface area contributed by atoms with Gasteiger partial charge in [-0.05, 0) is 30.7 Å². The summed E-state index contributed by atoms with van der Waals surface area (Å²) in [7, 11) is -3.35. The molecule has 0 spiro atoms. The number of hydrogen-bond acceptors (Lipinski definition) is 4. The van der Waals surface area contributed by atoms with Crippen molar-refractivity contribution in [2.24, 2.45) is 0 Å². The number of nitriles is 1. The van der Waals surface area contributed by atoms with Gasteiger partial charge < -0.3 is 0 Å². The summed E-state index contributed by atoms with van der Waals surface area (Å²) < 4.78 is 26.2. The second-order valence-corrected chi connectivity index (χ2v) is 6.66. The largest absolute Gasteiger partial charge is 0.293 e. The van der Waals surface area contributed by atoms with Crippen molar-refractivity contribution in [2.45, 2.75) is 39.0 Å². The van der Waals surface area contributed by atoms with Gasteiger partial charge in [-0.3, -0.25) is 9.52 Å². The summed E-state index contributed by atoms with van der Waals surface area (Å²) in [6, 6.07) is 7.91. The van der Waals surface area contributed by atoms with Gasteiger partial charge in [0.2, 0.25) is 10.0 Å². The summed E-state index contributed by atoms with van der Waals surface area (Å²) in [6.07, 6.45) is 3.46. The SMILES string of the molecule is CCCCCCS(=O)(=O)Nc1ccc(C(=O)CC#N)cc1. The lowest BCUT2D eigenvalue weighted by molar-refractivity contribution is 0.0997. The Labute approximate surface area is 126 Å². The molecule has 1 aromatic carbocycles. The molecule has 0 saturated carbocycles. The van der Waals surface area contributed by atoms with E-state index in [1.165, 1.54) is 24.3 Å². The molecule has 0 aliphatic carbocycles. The molecule has 114 valence electrons. The van der Waals surface area contributed by atoms with Gasteiger partial charge in [0.25, 0.3) is 0 Å². The van der Waals surface area contributed by atoms with Crippen molar-refractivity contribution in [1.29, 1.82) is 5.26 Å². The van der Waals surface area contributed by atoms with Crippen LogP contribution in [0.3, 0.4) is 0 Å². The maximum Gasteiger partial charge on any atom is 0.232 e. The molecule has 5 nitrogen and oxygen atoms in total. The molecule has 21 heavy (non-hydrogen) atoms. The lowest BCUT2D eigenvalue weighted by atomic mass is 10.1. The number of rotatable bonds is 9. The fourth-order valence-corrected chi connectivity index (χ4v) is 3.03. The third-order valence-corrected chi connectivity index (χ3v) is 4.36. The molecule has 1 aromatic rings. The Morgan fingerprint density at radius 2 is 1.86 bits per heavy atom. The number of nitrogens with zero attached hydrogens (tertiary/aromatic N) is 1. The van der Waals surface area contributed by atoms with Crippen molar-refractivity contribution in [3.63, 3.8) is 0 Å². The van der Waals surface area contributed by atoms with Gasteiger partial charge in [0.1, 0.15) is 0 Å². The zero-order valence-electron chi connectivity index (χ0n) is 12.1. The number of ketones is 1. The van der Waals surface area contributed by atoms with Gasteiger partial charge in [0, 0.05) is 11.3 Å². The first-order valence-corrected chi connectivity index (χ1v) is 8.64. The molecule has 0 atom stereocenters. The van der Waals surface area contributed by atoms with Gasteiger partial charge >= 0.3 is 0 Å². The van der Waals surface area contributed by atoms with Crippen LogP contribution in [-0.2, 0) is 10.0 Å². The summed E-state index contributed by atoms with van der Waals surface area (Å²) in [6.45, 7) is 2.07. The molecule has 1 rings (SSSR count). The van der Waals surface area contributed by atoms with Crippen LogP contribution in [0.25, 0.3) is 0 Å². The molecule has 0 amide bonds. The van der Waals surface area contributed by atoms with Crippen LogP contribution in [-0.4, -0.2) is 20.0 Å². The first-order chi connectivity index (χ1) is 9.98. The first kappa shape index (κ1) is 17.2. The van der Waals surface area contributed by atoms with Crippen molar-refractivity contribution < 1.29 is 13.2 Å². The number of benzene rings is 1. The molecule has 0 unspecified atom stereocenters. The Balaban J connectivity index is 2.58. The smallest absolute Gasteiger partial charge is 0.232 e. The van der Waals surface area contributed by atoms with Gasteiger partial charge in [0.15, 0.2) is 5.78 Å². The number of sulfonamides is 1. The topological polar surface area (TPSA) is 87.0 Å². The second-order valence-electron chi connectivity index (χ2n) is 4.82. The van der Waals surface area contributed by atoms with Crippen LogP contribution in [0.1, 0.15) is 49.4 Å². The minimum Gasteiger partial charge on any atom is -0.293 e. The van der Waals surface area contributed by atoms with E-state index in [0.717, 1.165) is 19.3 Å². The molecule has 0 radical (unpaired) electrons. The number of hydrogen-bond donors (Lipinski definition) is 1. The molecule has 0 aliphatic heterocycles. The number of carbonyl (C=O) groups excluding carboxylic acids is 1. The molecule has 0 aliphatic rings. The Bertz CT molecular complexity index is 601. The maximum atomic E-state index is 11.9. The normalized spacial score (nSPS) is 10.9. The second kappa shape index (κ2) is 8.42. The van der Waals surface area contributed by atoms with Gasteiger partial charge in [-0.25, -0.2) is 8.42 Å². The summed E-state index contributed by atoms with van der Waals surface area (Å²) >= 11 is 0. The lowest BCUT2D eigenvalue weighted by Gasteiger charge is -2.08.